The van der Waals surface area contributed by atoms with E-state index in [0.29, 0.717) is 16.7 Å². The summed E-state index contributed by atoms with van der Waals surface area (Å²) < 4.78 is 2.17. The van der Waals surface area contributed by atoms with Crippen LogP contribution >= 0.6 is 15.9 Å². The van der Waals surface area contributed by atoms with Gasteiger partial charge >= 0.3 is 0 Å². The molecule has 0 spiro atoms. The molecular formula is C9H14BrN3O. The van der Waals surface area contributed by atoms with Gasteiger partial charge in [-0.2, -0.15) is 0 Å². The highest BCUT2D eigenvalue weighted by atomic mass is 79.9. The van der Waals surface area contributed by atoms with Gasteiger partial charge in [-0.1, -0.05) is 11.3 Å². The Bertz CT molecular complexity index is 313. The van der Waals surface area contributed by atoms with Crippen molar-refractivity contribution < 1.29 is 5.11 Å². The summed E-state index contributed by atoms with van der Waals surface area (Å²) in [7, 11) is 1.76. The van der Waals surface area contributed by atoms with Crippen LogP contribution in [0.4, 0.5) is 0 Å². The molecule has 0 saturated carbocycles. The van der Waals surface area contributed by atoms with E-state index in [9.17, 15) is 5.11 Å². The molecule has 5 heteroatoms. The molecule has 0 radical (unpaired) electrons. The SMILES string of the molecule is C=CCCC(C)(O)c1c(Br)nnn1C. The highest BCUT2D eigenvalue weighted by Gasteiger charge is 2.29. The second-order valence-electron chi connectivity index (χ2n) is 3.45. The maximum atomic E-state index is 10.2. The zero-order valence-corrected chi connectivity index (χ0v) is 9.95. The molecule has 4 nitrogen and oxygen atoms in total. The monoisotopic (exact) mass is 259 g/mol. The molecule has 1 rings (SSSR count). The second kappa shape index (κ2) is 4.23. The molecule has 0 aromatic carbocycles. The number of hydrogen-bond donors (Lipinski definition) is 1. The number of halogens is 1. The van der Waals surface area contributed by atoms with Crippen LogP contribution in [0.3, 0.4) is 0 Å². The molecule has 78 valence electrons. The Balaban J connectivity index is 2.96. The first-order chi connectivity index (χ1) is 6.49. The molecule has 0 saturated heterocycles. The molecule has 1 atom stereocenters. The number of hydrogen-bond acceptors (Lipinski definition) is 3. The number of aromatic nitrogens is 3. The van der Waals surface area contributed by atoms with Crippen molar-refractivity contribution in [1.82, 2.24) is 15.0 Å². The van der Waals surface area contributed by atoms with Crippen molar-refractivity contribution in [3.8, 4) is 0 Å². The Morgan fingerprint density at radius 1 is 1.71 bits per heavy atom. The van der Waals surface area contributed by atoms with Gasteiger partial charge in [-0.25, -0.2) is 4.68 Å². The van der Waals surface area contributed by atoms with E-state index < -0.39 is 5.60 Å². The van der Waals surface area contributed by atoms with Gasteiger partial charge in [0.25, 0.3) is 0 Å². The highest BCUT2D eigenvalue weighted by molar-refractivity contribution is 9.10. The van der Waals surface area contributed by atoms with Crippen molar-refractivity contribution in [1.29, 1.82) is 0 Å². The Morgan fingerprint density at radius 3 is 2.79 bits per heavy atom. The molecule has 1 heterocycles. The Morgan fingerprint density at radius 2 is 2.36 bits per heavy atom. The van der Waals surface area contributed by atoms with Gasteiger partial charge < -0.3 is 5.11 Å². The third kappa shape index (κ3) is 2.22. The molecule has 14 heavy (non-hydrogen) atoms. The third-order valence-corrected chi connectivity index (χ3v) is 2.67. The third-order valence-electron chi connectivity index (χ3n) is 2.13. The molecule has 1 unspecified atom stereocenters. The smallest absolute Gasteiger partial charge is 0.154 e. The summed E-state index contributed by atoms with van der Waals surface area (Å²) in [5.41, 5.74) is -0.231. The van der Waals surface area contributed by atoms with Crippen LogP contribution in [0.2, 0.25) is 0 Å². The summed E-state index contributed by atoms with van der Waals surface area (Å²) >= 11 is 3.26. The lowest BCUT2D eigenvalue weighted by atomic mass is 9.96. The van der Waals surface area contributed by atoms with Gasteiger partial charge in [0.15, 0.2) is 4.60 Å². The minimum Gasteiger partial charge on any atom is -0.384 e. The van der Waals surface area contributed by atoms with Crippen LogP contribution in [-0.2, 0) is 12.6 Å². The van der Waals surface area contributed by atoms with Gasteiger partial charge in [0.05, 0.1) is 0 Å². The summed E-state index contributed by atoms with van der Waals surface area (Å²) in [4.78, 5) is 0. The van der Waals surface area contributed by atoms with Crippen molar-refractivity contribution >= 4 is 15.9 Å². The second-order valence-corrected chi connectivity index (χ2v) is 4.20. The topological polar surface area (TPSA) is 50.9 Å². The lowest BCUT2D eigenvalue weighted by Gasteiger charge is -2.22. The van der Waals surface area contributed by atoms with Gasteiger partial charge in [-0.15, -0.1) is 11.7 Å². The lowest BCUT2D eigenvalue weighted by Crippen LogP contribution is -2.24. The van der Waals surface area contributed by atoms with Crippen LogP contribution in [0.15, 0.2) is 17.3 Å². The molecule has 1 N–H and O–H groups in total. The van der Waals surface area contributed by atoms with Crippen molar-refractivity contribution in [2.75, 3.05) is 0 Å². The molecule has 0 amide bonds. The van der Waals surface area contributed by atoms with Gasteiger partial charge in [0.2, 0.25) is 0 Å². The predicted octanol–water partition coefficient (Wildman–Crippen LogP) is 1.75. The van der Waals surface area contributed by atoms with E-state index >= 15 is 0 Å². The maximum Gasteiger partial charge on any atom is 0.154 e. The van der Waals surface area contributed by atoms with Crippen molar-refractivity contribution in [2.45, 2.75) is 25.4 Å². The largest absolute Gasteiger partial charge is 0.384 e. The molecule has 0 bridgehead atoms. The van der Waals surface area contributed by atoms with E-state index in [-0.39, 0.29) is 0 Å². The summed E-state index contributed by atoms with van der Waals surface area (Å²) in [6, 6.07) is 0. The zero-order valence-electron chi connectivity index (χ0n) is 8.37. The lowest BCUT2D eigenvalue weighted by molar-refractivity contribution is 0.0396. The Kier molecular flexibility index (Phi) is 3.44. The maximum absolute atomic E-state index is 10.2. The van der Waals surface area contributed by atoms with Gasteiger partial charge in [0.1, 0.15) is 11.3 Å². The molecule has 0 aliphatic rings. The predicted molar refractivity (Wildman–Crippen MR) is 57.7 cm³/mol. The van der Waals surface area contributed by atoms with Gasteiger partial charge in [-0.3, -0.25) is 0 Å². The van der Waals surface area contributed by atoms with E-state index in [0.717, 1.165) is 6.42 Å². The highest BCUT2D eigenvalue weighted by Crippen LogP contribution is 2.29. The molecular weight excluding hydrogens is 246 g/mol. The number of rotatable bonds is 4. The fourth-order valence-electron chi connectivity index (χ4n) is 1.40. The van der Waals surface area contributed by atoms with Gasteiger partial charge in [-0.05, 0) is 35.7 Å². The molecule has 1 aromatic rings. The summed E-state index contributed by atoms with van der Waals surface area (Å²) in [6.07, 6.45) is 3.15. The number of aliphatic hydroxyl groups is 1. The molecule has 0 fully saturated rings. The average molecular weight is 260 g/mol. The van der Waals surface area contributed by atoms with Crippen LogP contribution in [0.5, 0.6) is 0 Å². The van der Waals surface area contributed by atoms with Crippen molar-refractivity contribution in [3.05, 3.63) is 23.0 Å². The summed E-state index contributed by atoms with van der Waals surface area (Å²) in [5.74, 6) is 0. The fraction of sp³-hybridized carbons (Fsp3) is 0.556. The standard InChI is InChI=1S/C9H14BrN3O/c1-4-5-6-9(2,14)7-8(10)11-12-13(7)3/h4,14H,1,5-6H2,2-3H3. The van der Waals surface area contributed by atoms with Crippen LogP contribution < -0.4 is 0 Å². The first-order valence-corrected chi connectivity index (χ1v) is 5.17. The first-order valence-electron chi connectivity index (χ1n) is 4.38. The van der Waals surface area contributed by atoms with E-state index in [4.69, 9.17) is 0 Å². The van der Waals surface area contributed by atoms with Crippen LogP contribution in [0.25, 0.3) is 0 Å². The van der Waals surface area contributed by atoms with E-state index in [1.54, 1.807) is 24.7 Å². The Hall–Kier alpha value is -0.680. The quantitative estimate of drug-likeness (QED) is 0.839. The zero-order chi connectivity index (χ0) is 10.8. The van der Waals surface area contributed by atoms with Crippen molar-refractivity contribution in [3.63, 3.8) is 0 Å². The van der Waals surface area contributed by atoms with E-state index in [1.807, 2.05) is 0 Å². The van der Waals surface area contributed by atoms with E-state index in [1.165, 1.54) is 0 Å². The summed E-state index contributed by atoms with van der Waals surface area (Å²) in [5, 5.41) is 17.8. The van der Waals surface area contributed by atoms with Crippen LogP contribution in [-0.4, -0.2) is 20.1 Å². The fourth-order valence-corrected chi connectivity index (χ4v) is 2.16. The van der Waals surface area contributed by atoms with Crippen LogP contribution in [0, 0.1) is 0 Å². The van der Waals surface area contributed by atoms with Crippen molar-refractivity contribution in [2.24, 2.45) is 7.05 Å². The Labute approximate surface area is 91.8 Å². The van der Waals surface area contributed by atoms with Gasteiger partial charge in [0, 0.05) is 7.05 Å². The minimum absolute atomic E-state index is 0.592. The number of allylic oxidation sites excluding steroid dienone is 1. The number of aryl methyl sites for hydroxylation is 1. The normalized spacial score (nSPS) is 15.1. The molecule has 0 aliphatic carbocycles. The number of nitrogens with zero attached hydrogens (tertiary/aromatic N) is 3. The minimum atomic E-state index is -0.925. The van der Waals surface area contributed by atoms with E-state index in [2.05, 4.69) is 32.8 Å². The molecule has 1 aromatic heterocycles. The molecule has 0 aliphatic heterocycles. The average Bonchev–Trinajstić information content (AvgIpc) is 2.43. The van der Waals surface area contributed by atoms with Crippen LogP contribution in [0.1, 0.15) is 25.5 Å². The first kappa shape index (κ1) is 11.4. The summed E-state index contributed by atoms with van der Waals surface area (Å²) in [6.45, 7) is 5.38.